The molecule has 2 N–H and O–H groups in total. The van der Waals surface area contributed by atoms with Crippen LogP contribution in [0, 0.1) is 6.92 Å². The molecule has 13 heavy (non-hydrogen) atoms. The number of halogens is 1. The summed E-state index contributed by atoms with van der Waals surface area (Å²) in [4.78, 5) is 4.28. The number of pyridine rings is 1. The maximum atomic E-state index is 5.86. The number of nitrogens with two attached hydrogens (primary N) is 1. The second-order valence-corrected chi connectivity index (χ2v) is 4.64. The fraction of sp³-hybridized carbons (Fsp3) is 0.500. The van der Waals surface area contributed by atoms with Crippen molar-refractivity contribution in [1.29, 1.82) is 0 Å². The summed E-state index contributed by atoms with van der Waals surface area (Å²) in [5, 5.41) is 0.399. The molecule has 0 spiro atoms. The molecule has 72 valence electrons. The Balaban J connectivity index is 3.32. The molecule has 0 saturated heterocycles. The minimum absolute atomic E-state index is 0.0153. The summed E-state index contributed by atoms with van der Waals surface area (Å²) in [5.41, 5.74) is 8.30. The smallest absolute Gasteiger partial charge is 0.152 e. The summed E-state index contributed by atoms with van der Waals surface area (Å²) in [6, 6.07) is 1.87. The zero-order chi connectivity index (χ0) is 10.2. The number of hydrogen-bond acceptors (Lipinski definition) is 2. The Morgan fingerprint density at radius 1 is 1.38 bits per heavy atom. The number of rotatable bonds is 0. The van der Waals surface area contributed by atoms with E-state index < -0.39 is 0 Å². The molecule has 0 aliphatic heterocycles. The van der Waals surface area contributed by atoms with Crippen molar-refractivity contribution in [3.63, 3.8) is 0 Å². The summed E-state index contributed by atoms with van der Waals surface area (Å²) < 4.78 is 0. The van der Waals surface area contributed by atoms with E-state index in [1.54, 1.807) is 0 Å². The van der Waals surface area contributed by atoms with Crippen LogP contribution in [0.3, 0.4) is 0 Å². The molecule has 3 heteroatoms. The Labute approximate surface area is 84.1 Å². The predicted octanol–water partition coefficient (Wildman–Crippen LogP) is 2.92. The van der Waals surface area contributed by atoms with Crippen molar-refractivity contribution in [2.75, 3.05) is 5.73 Å². The van der Waals surface area contributed by atoms with Crippen LogP contribution in [-0.4, -0.2) is 4.98 Å². The second-order valence-electron chi connectivity index (χ2n) is 4.28. The molecule has 1 aromatic heterocycles. The minimum Gasteiger partial charge on any atom is -0.396 e. The van der Waals surface area contributed by atoms with Crippen molar-refractivity contribution in [3.05, 3.63) is 22.5 Å². The maximum absolute atomic E-state index is 5.86. The van der Waals surface area contributed by atoms with E-state index in [1.807, 2.05) is 13.0 Å². The van der Waals surface area contributed by atoms with Crippen LogP contribution in [-0.2, 0) is 5.41 Å². The van der Waals surface area contributed by atoms with Crippen LogP contribution >= 0.6 is 11.6 Å². The van der Waals surface area contributed by atoms with Gasteiger partial charge in [-0.1, -0.05) is 32.4 Å². The Bertz CT molecular complexity index is 326. The Morgan fingerprint density at radius 3 is 2.38 bits per heavy atom. The Hall–Kier alpha value is -0.760. The van der Waals surface area contributed by atoms with Gasteiger partial charge in [-0.05, 0) is 18.6 Å². The van der Waals surface area contributed by atoms with E-state index in [4.69, 9.17) is 17.3 Å². The lowest BCUT2D eigenvalue weighted by molar-refractivity contribution is 0.565. The molecule has 0 atom stereocenters. The highest BCUT2D eigenvalue weighted by molar-refractivity contribution is 6.31. The first-order valence-corrected chi connectivity index (χ1v) is 4.63. The van der Waals surface area contributed by atoms with E-state index in [2.05, 4.69) is 25.8 Å². The number of aryl methyl sites for hydroxylation is 1. The Kier molecular flexibility index (Phi) is 2.53. The van der Waals surface area contributed by atoms with Crippen molar-refractivity contribution in [2.45, 2.75) is 33.1 Å². The van der Waals surface area contributed by atoms with Gasteiger partial charge in [-0.15, -0.1) is 0 Å². The number of aromatic nitrogens is 1. The fourth-order valence-electron chi connectivity index (χ4n) is 1.37. The van der Waals surface area contributed by atoms with Crippen LogP contribution in [0.5, 0.6) is 0 Å². The van der Waals surface area contributed by atoms with Gasteiger partial charge >= 0.3 is 0 Å². The molecule has 1 rings (SSSR count). The van der Waals surface area contributed by atoms with E-state index in [1.165, 1.54) is 0 Å². The highest BCUT2D eigenvalue weighted by Crippen LogP contribution is 2.27. The van der Waals surface area contributed by atoms with Gasteiger partial charge in [-0.2, -0.15) is 0 Å². The van der Waals surface area contributed by atoms with Crippen LogP contribution in [0.1, 0.15) is 32.0 Å². The third-order valence-electron chi connectivity index (χ3n) is 1.90. The van der Waals surface area contributed by atoms with Crippen LogP contribution in [0.2, 0.25) is 5.15 Å². The molecule has 0 unspecified atom stereocenters. The molecule has 0 fully saturated rings. The summed E-state index contributed by atoms with van der Waals surface area (Å²) in [5.74, 6) is 0. The second kappa shape index (κ2) is 3.18. The van der Waals surface area contributed by atoms with E-state index in [9.17, 15) is 0 Å². The number of anilines is 1. The van der Waals surface area contributed by atoms with Crippen molar-refractivity contribution in [3.8, 4) is 0 Å². The average molecular weight is 199 g/mol. The average Bonchev–Trinajstić information content (AvgIpc) is 1.94. The van der Waals surface area contributed by atoms with Crippen LogP contribution in [0.4, 0.5) is 5.69 Å². The third-order valence-corrected chi connectivity index (χ3v) is 2.21. The Morgan fingerprint density at radius 2 is 1.92 bits per heavy atom. The molecule has 0 bridgehead atoms. The van der Waals surface area contributed by atoms with Crippen LogP contribution in [0.15, 0.2) is 6.07 Å². The van der Waals surface area contributed by atoms with Crippen LogP contribution < -0.4 is 5.73 Å². The molecular formula is C10H15ClN2. The molecule has 0 aliphatic rings. The quantitative estimate of drug-likeness (QED) is 0.651. The number of nitrogen functional groups attached to an aromatic ring is 1. The highest BCUT2D eigenvalue weighted by Gasteiger charge is 2.19. The molecule has 0 aliphatic carbocycles. The van der Waals surface area contributed by atoms with Gasteiger partial charge in [0.05, 0.1) is 11.4 Å². The zero-order valence-electron chi connectivity index (χ0n) is 8.48. The molecule has 0 aromatic carbocycles. The largest absolute Gasteiger partial charge is 0.396 e. The van der Waals surface area contributed by atoms with Gasteiger partial charge in [0.15, 0.2) is 5.15 Å². The fourth-order valence-corrected chi connectivity index (χ4v) is 1.51. The first-order chi connectivity index (χ1) is 5.82. The normalized spacial score (nSPS) is 11.8. The van der Waals surface area contributed by atoms with Crippen LogP contribution in [0.25, 0.3) is 0 Å². The van der Waals surface area contributed by atoms with Crippen molar-refractivity contribution >= 4 is 17.3 Å². The number of nitrogens with zero attached hydrogens (tertiary/aromatic N) is 1. The molecule has 0 saturated carbocycles. The molecule has 1 heterocycles. The van der Waals surface area contributed by atoms with Gasteiger partial charge < -0.3 is 5.73 Å². The third kappa shape index (κ3) is 2.13. The first-order valence-electron chi connectivity index (χ1n) is 4.25. The molecule has 1 aromatic rings. The minimum atomic E-state index is 0.0153. The first kappa shape index (κ1) is 10.3. The lowest BCUT2D eigenvalue weighted by Crippen LogP contribution is -2.16. The summed E-state index contributed by atoms with van der Waals surface area (Å²) in [6.07, 6.45) is 0. The van der Waals surface area contributed by atoms with Crippen molar-refractivity contribution in [1.82, 2.24) is 4.98 Å². The topological polar surface area (TPSA) is 38.9 Å². The monoisotopic (exact) mass is 198 g/mol. The van der Waals surface area contributed by atoms with E-state index in [0.29, 0.717) is 10.8 Å². The number of hydrogen-bond donors (Lipinski definition) is 1. The van der Waals surface area contributed by atoms with Gasteiger partial charge in [-0.3, -0.25) is 0 Å². The summed E-state index contributed by atoms with van der Waals surface area (Å²) in [7, 11) is 0. The maximum Gasteiger partial charge on any atom is 0.152 e. The molecular weight excluding hydrogens is 184 g/mol. The SMILES string of the molecule is Cc1cc(N)c(Cl)nc1C(C)(C)C. The van der Waals surface area contributed by atoms with E-state index in [-0.39, 0.29) is 5.41 Å². The lowest BCUT2D eigenvalue weighted by atomic mass is 9.89. The lowest BCUT2D eigenvalue weighted by Gasteiger charge is -2.20. The molecule has 0 amide bonds. The zero-order valence-corrected chi connectivity index (χ0v) is 9.24. The standard InChI is InChI=1S/C10H15ClN2/c1-6-5-7(12)9(11)13-8(6)10(2,3)4/h5H,12H2,1-4H3. The van der Waals surface area contributed by atoms with Crippen molar-refractivity contribution in [2.24, 2.45) is 0 Å². The van der Waals surface area contributed by atoms with Crippen molar-refractivity contribution < 1.29 is 0 Å². The summed E-state index contributed by atoms with van der Waals surface area (Å²) >= 11 is 5.86. The van der Waals surface area contributed by atoms with Gasteiger partial charge in [0.2, 0.25) is 0 Å². The van der Waals surface area contributed by atoms with Gasteiger partial charge in [0.25, 0.3) is 0 Å². The van der Waals surface area contributed by atoms with Gasteiger partial charge in [0, 0.05) is 5.41 Å². The van der Waals surface area contributed by atoms with E-state index >= 15 is 0 Å². The van der Waals surface area contributed by atoms with Gasteiger partial charge in [-0.25, -0.2) is 4.98 Å². The summed E-state index contributed by atoms with van der Waals surface area (Å²) in [6.45, 7) is 8.32. The highest BCUT2D eigenvalue weighted by atomic mass is 35.5. The predicted molar refractivity (Wildman–Crippen MR) is 57.1 cm³/mol. The van der Waals surface area contributed by atoms with Gasteiger partial charge in [0.1, 0.15) is 0 Å². The molecule has 2 nitrogen and oxygen atoms in total. The van der Waals surface area contributed by atoms with E-state index in [0.717, 1.165) is 11.3 Å². The molecule has 0 radical (unpaired) electrons.